The molecule has 11 nitrogen and oxygen atoms in total. The second kappa shape index (κ2) is 17.1. The Morgan fingerprint density at radius 2 is 0.910 bits per heavy atom. The van der Waals surface area contributed by atoms with Gasteiger partial charge in [0.05, 0.1) is 12.1 Å². The van der Waals surface area contributed by atoms with E-state index in [4.69, 9.17) is 0 Å². The molecule has 5 N–H and O–H groups in total. The average Bonchev–Trinajstić information content (AvgIpc) is 4.14. The molecule has 4 amide bonds. The van der Waals surface area contributed by atoms with Crippen LogP contribution in [-0.4, -0.2) is 66.2 Å². The van der Waals surface area contributed by atoms with Gasteiger partial charge in [-0.1, -0.05) is 48.5 Å². The zero-order valence-corrected chi connectivity index (χ0v) is 34.9. The van der Waals surface area contributed by atoms with Crippen molar-refractivity contribution in [2.24, 2.45) is 0 Å². The summed E-state index contributed by atoms with van der Waals surface area (Å²) in [6.45, 7) is 2.27. The maximum Gasteiger partial charge on any atom is 0.471 e. The van der Waals surface area contributed by atoms with Crippen LogP contribution >= 0.6 is 0 Å². The number of nitrogens with one attached hydrogen (secondary N) is 4. The molecule has 0 spiro atoms. The number of halogens is 13. The fourth-order valence-electron chi connectivity index (χ4n) is 7.62. The summed E-state index contributed by atoms with van der Waals surface area (Å²) in [6.07, 6.45) is -18.0. The number of alkyl halides is 9. The lowest BCUT2D eigenvalue weighted by atomic mass is 9.80. The standard InChI is InChI=1S/C42H33F13N4O7S/c1-19(56-33(60)37(13-14-37)58-35(62)40(47,48)49)23-11-9-21(17-29(23)45)25-5-3-7-27(43)31(25)39(42(53,54)55,67(64,65)66)32-26(6-4-8-28(32)44)22-10-12-24(30(46)18-22)20(2)57-34(61)38(15-16-38)59-36(63)41(50,51)52/h3-12,17-20H,13-16H2,1-2H3,(H,56,60)(H,57,61)(H,58,62)(H,59,63)(H,64,65,66)/t19-,20-/m1/s1. The Balaban J connectivity index is 1.41. The van der Waals surface area contributed by atoms with Crippen LogP contribution in [0.4, 0.5) is 57.1 Å². The molecular formula is C42H33F13N4O7S. The van der Waals surface area contributed by atoms with E-state index in [2.05, 4.69) is 10.6 Å². The number of hydrogen-bond donors (Lipinski definition) is 5. The van der Waals surface area contributed by atoms with Crippen molar-refractivity contribution in [2.75, 3.05) is 0 Å². The smallest absolute Gasteiger partial charge is 0.347 e. The van der Waals surface area contributed by atoms with Gasteiger partial charge in [0, 0.05) is 22.3 Å². The molecule has 0 bridgehead atoms. The molecule has 4 aromatic carbocycles. The molecule has 6 rings (SSSR count). The lowest BCUT2D eigenvalue weighted by Gasteiger charge is -2.37. The fraction of sp³-hybridized carbons (Fsp3) is 0.333. The first-order valence-electron chi connectivity index (χ1n) is 19.4. The highest BCUT2D eigenvalue weighted by atomic mass is 32.2. The zero-order valence-electron chi connectivity index (χ0n) is 34.1. The minimum Gasteiger partial charge on any atom is -0.347 e. The van der Waals surface area contributed by atoms with Gasteiger partial charge in [0.15, 0.2) is 0 Å². The quantitative estimate of drug-likeness (QED) is 0.0667. The molecule has 2 aliphatic rings. The van der Waals surface area contributed by atoms with Crippen molar-refractivity contribution in [1.82, 2.24) is 21.3 Å². The number of benzene rings is 4. The molecule has 2 saturated carbocycles. The maximum atomic E-state index is 16.3. The van der Waals surface area contributed by atoms with E-state index in [-0.39, 0.29) is 25.7 Å². The minimum atomic E-state index is -6.93. The molecule has 360 valence electrons. The molecule has 0 aliphatic heterocycles. The molecular weight excluding hydrogens is 952 g/mol. The number of hydrogen-bond acceptors (Lipinski definition) is 6. The Kier molecular flexibility index (Phi) is 12.8. The predicted molar refractivity (Wildman–Crippen MR) is 207 cm³/mol. The lowest BCUT2D eigenvalue weighted by Crippen LogP contribution is -2.53. The van der Waals surface area contributed by atoms with E-state index in [1.165, 1.54) is 0 Å². The molecule has 0 unspecified atom stereocenters. The first-order valence-corrected chi connectivity index (χ1v) is 20.9. The number of carbonyl (C=O) groups is 4. The van der Waals surface area contributed by atoms with Gasteiger partial charge in [0.2, 0.25) is 16.6 Å². The third-order valence-corrected chi connectivity index (χ3v) is 12.8. The first kappa shape index (κ1) is 50.2. The largest absolute Gasteiger partial charge is 0.471 e. The maximum absolute atomic E-state index is 16.3. The first-order chi connectivity index (χ1) is 30.8. The van der Waals surface area contributed by atoms with Crippen LogP contribution in [0.3, 0.4) is 0 Å². The molecule has 2 aliphatic carbocycles. The number of carbonyl (C=O) groups excluding carboxylic acids is 4. The van der Waals surface area contributed by atoms with Gasteiger partial charge in [-0.15, -0.1) is 0 Å². The summed E-state index contributed by atoms with van der Waals surface area (Å²) >= 11 is 0. The topological polar surface area (TPSA) is 171 Å². The monoisotopic (exact) mass is 984 g/mol. The van der Waals surface area contributed by atoms with E-state index in [1.54, 1.807) is 10.6 Å². The summed E-state index contributed by atoms with van der Waals surface area (Å²) in [5.74, 6) is -14.0. The molecule has 25 heteroatoms. The van der Waals surface area contributed by atoms with Gasteiger partial charge < -0.3 is 21.3 Å². The van der Waals surface area contributed by atoms with Crippen molar-refractivity contribution < 1.29 is 89.2 Å². The van der Waals surface area contributed by atoms with Crippen LogP contribution in [0, 0.1) is 23.3 Å². The van der Waals surface area contributed by atoms with Crippen molar-refractivity contribution in [3.8, 4) is 22.3 Å². The van der Waals surface area contributed by atoms with E-state index in [1.807, 2.05) is 0 Å². The molecule has 0 aromatic heterocycles. The highest BCUT2D eigenvalue weighted by Gasteiger charge is 2.70. The Bertz CT molecular complexity index is 2630. The van der Waals surface area contributed by atoms with Crippen LogP contribution in [0.5, 0.6) is 0 Å². The Hall–Kier alpha value is -6.24. The Labute approximate surface area is 370 Å². The van der Waals surface area contributed by atoms with Crippen molar-refractivity contribution >= 4 is 33.7 Å². The average molecular weight is 985 g/mol. The van der Waals surface area contributed by atoms with Crippen molar-refractivity contribution in [3.63, 3.8) is 0 Å². The van der Waals surface area contributed by atoms with Crippen molar-refractivity contribution in [3.05, 3.63) is 118 Å². The van der Waals surface area contributed by atoms with Crippen molar-refractivity contribution in [1.29, 1.82) is 0 Å². The molecule has 67 heavy (non-hydrogen) atoms. The molecule has 4 aromatic rings. The summed E-state index contributed by atoms with van der Waals surface area (Å²) in [4.78, 5) is 48.8. The summed E-state index contributed by atoms with van der Waals surface area (Å²) in [5.41, 5.74) is -12.6. The normalized spacial score (nSPS) is 16.6. The third-order valence-electron chi connectivity index (χ3n) is 11.4. The van der Waals surface area contributed by atoms with Crippen LogP contribution in [0.1, 0.15) is 73.9 Å². The zero-order chi connectivity index (χ0) is 50.0. The van der Waals surface area contributed by atoms with Crippen molar-refractivity contribution in [2.45, 2.75) is 86.0 Å². The van der Waals surface area contributed by atoms with E-state index in [0.29, 0.717) is 36.4 Å². The third kappa shape index (κ3) is 9.38. The van der Waals surface area contributed by atoms with Crippen LogP contribution in [0.2, 0.25) is 0 Å². The van der Waals surface area contributed by atoms with Gasteiger partial charge in [-0.05, 0) is 86.1 Å². The second-order valence-corrected chi connectivity index (χ2v) is 17.5. The minimum absolute atomic E-state index is 0.225. The van der Waals surface area contributed by atoms with E-state index < -0.39 is 148 Å². The van der Waals surface area contributed by atoms with E-state index >= 15 is 30.7 Å². The van der Waals surface area contributed by atoms with E-state index in [0.717, 1.165) is 50.2 Å². The van der Waals surface area contributed by atoms with Gasteiger partial charge in [0.25, 0.3) is 10.1 Å². The summed E-state index contributed by atoms with van der Waals surface area (Å²) in [5, 5.41) is 7.54. The number of rotatable bonds is 13. The van der Waals surface area contributed by atoms with Gasteiger partial charge >= 0.3 is 30.3 Å². The second-order valence-electron chi connectivity index (χ2n) is 15.9. The van der Waals surface area contributed by atoms with Gasteiger partial charge in [-0.2, -0.15) is 47.9 Å². The Morgan fingerprint density at radius 3 is 1.18 bits per heavy atom. The molecule has 0 saturated heterocycles. The summed E-state index contributed by atoms with van der Waals surface area (Å²) < 4.78 is 222. The number of amides is 4. The molecule has 2 fully saturated rings. The summed E-state index contributed by atoms with van der Waals surface area (Å²) in [6, 6.07) is 4.78. The SMILES string of the molecule is C[C@@H](NC(=O)C1(NC(=O)C(F)(F)F)CC1)c1ccc(-c2cccc(F)c2C(c2c(F)cccc2-c2ccc([C@@H](C)NC(=O)C3(NC(=O)C(F)(F)F)CC3)c(F)c2)(C(F)(F)F)S(=O)(=O)O)cc1F. The molecule has 0 heterocycles. The van der Waals surface area contributed by atoms with Gasteiger partial charge in [0.1, 0.15) is 34.3 Å². The predicted octanol–water partition coefficient (Wildman–Crippen LogP) is 8.05. The van der Waals surface area contributed by atoms with Crippen LogP contribution in [0.25, 0.3) is 22.3 Å². The summed E-state index contributed by atoms with van der Waals surface area (Å²) in [7, 11) is -6.93. The van der Waals surface area contributed by atoms with Crippen LogP contribution < -0.4 is 21.3 Å². The molecule has 2 atom stereocenters. The lowest BCUT2D eigenvalue weighted by molar-refractivity contribution is -0.175. The highest BCUT2D eigenvalue weighted by molar-refractivity contribution is 7.87. The van der Waals surface area contributed by atoms with Gasteiger partial charge in [-0.25, -0.2) is 17.6 Å². The van der Waals surface area contributed by atoms with Crippen LogP contribution in [-0.2, 0) is 34.0 Å². The fourth-order valence-corrected chi connectivity index (χ4v) is 8.84. The van der Waals surface area contributed by atoms with E-state index in [9.17, 15) is 58.5 Å². The molecule has 0 radical (unpaired) electrons. The van der Waals surface area contributed by atoms with Crippen LogP contribution in [0.15, 0.2) is 72.8 Å². The highest BCUT2D eigenvalue weighted by Crippen LogP contribution is 2.56. The van der Waals surface area contributed by atoms with Gasteiger partial charge in [-0.3, -0.25) is 23.7 Å². The Morgan fingerprint density at radius 1 is 0.567 bits per heavy atom.